The summed E-state index contributed by atoms with van der Waals surface area (Å²) < 4.78 is 39.9. The Balaban J connectivity index is 1.97. The van der Waals surface area contributed by atoms with Crippen molar-refractivity contribution < 1.29 is 13.2 Å². The van der Waals surface area contributed by atoms with Crippen molar-refractivity contribution >= 4 is 17.3 Å². The van der Waals surface area contributed by atoms with Gasteiger partial charge in [0.1, 0.15) is 6.33 Å². The van der Waals surface area contributed by atoms with Gasteiger partial charge in [0.15, 0.2) is 6.04 Å². The number of rotatable bonds is 1. The van der Waals surface area contributed by atoms with Crippen molar-refractivity contribution in [2.45, 2.75) is 24.7 Å². The van der Waals surface area contributed by atoms with E-state index < -0.39 is 12.2 Å². The Morgan fingerprint density at radius 2 is 2.28 bits per heavy atom. The standard InChI is InChI=1S/C10H9F3N4S/c11-10(12,13)8-4-6(7-2-1-3-18-7)16-9-14-5-15-17(8)9/h1-3,5-6,8H,4H2,(H,14,15,16)/t6-,8+/m1/s1. The molecule has 8 heteroatoms. The van der Waals surface area contributed by atoms with E-state index in [0.717, 1.165) is 15.9 Å². The Kier molecular flexibility index (Phi) is 2.54. The van der Waals surface area contributed by atoms with Crippen LogP contribution in [0.5, 0.6) is 0 Å². The summed E-state index contributed by atoms with van der Waals surface area (Å²) in [7, 11) is 0. The van der Waals surface area contributed by atoms with Gasteiger partial charge in [0.25, 0.3) is 0 Å². The molecule has 0 unspecified atom stereocenters. The normalized spacial score (nSPS) is 23.5. The fraction of sp³-hybridized carbons (Fsp3) is 0.400. The lowest BCUT2D eigenvalue weighted by Crippen LogP contribution is -2.35. The van der Waals surface area contributed by atoms with E-state index >= 15 is 0 Å². The average molecular weight is 274 g/mol. The number of aromatic nitrogens is 3. The predicted molar refractivity (Wildman–Crippen MR) is 60.4 cm³/mol. The third kappa shape index (κ3) is 1.86. The van der Waals surface area contributed by atoms with Crippen LogP contribution in [0.15, 0.2) is 23.8 Å². The van der Waals surface area contributed by atoms with Gasteiger partial charge in [0.2, 0.25) is 5.95 Å². The molecule has 0 radical (unpaired) electrons. The van der Waals surface area contributed by atoms with Crippen LogP contribution in [0.3, 0.4) is 0 Å². The summed E-state index contributed by atoms with van der Waals surface area (Å²) in [5.74, 6) is 0.168. The topological polar surface area (TPSA) is 42.7 Å². The summed E-state index contributed by atoms with van der Waals surface area (Å²) in [5, 5.41) is 8.47. The first-order valence-electron chi connectivity index (χ1n) is 5.32. The van der Waals surface area contributed by atoms with Gasteiger partial charge in [-0.3, -0.25) is 0 Å². The Morgan fingerprint density at radius 3 is 2.94 bits per heavy atom. The van der Waals surface area contributed by atoms with Gasteiger partial charge in [0, 0.05) is 11.3 Å². The van der Waals surface area contributed by atoms with Gasteiger partial charge in [-0.1, -0.05) is 6.07 Å². The molecule has 2 atom stereocenters. The Morgan fingerprint density at radius 1 is 1.44 bits per heavy atom. The Labute approximate surface area is 104 Å². The second-order valence-electron chi connectivity index (χ2n) is 4.03. The highest BCUT2D eigenvalue weighted by atomic mass is 32.1. The minimum Gasteiger partial charge on any atom is -0.347 e. The maximum absolute atomic E-state index is 13.0. The van der Waals surface area contributed by atoms with Gasteiger partial charge in [-0.25, -0.2) is 4.68 Å². The maximum Gasteiger partial charge on any atom is 0.411 e. The van der Waals surface area contributed by atoms with Crippen molar-refractivity contribution in [3.63, 3.8) is 0 Å². The van der Waals surface area contributed by atoms with Crippen molar-refractivity contribution in [3.05, 3.63) is 28.7 Å². The van der Waals surface area contributed by atoms with Crippen LogP contribution >= 0.6 is 11.3 Å². The zero-order valence-electron chi connectivity index (χ0n) is 9.05. The highest BCUT2D eigenvalue weighted by Gasteiger charge is 2.46. The van der Waals surface area contributed by atoms with Crippen LogP contribution < -0.4 is 5.32 Å². The van der Waals surface area contributed by atoms with Crippen LogP contribution in [0, 0.1) is 0 Å². The number of nitrogens with one attached hydrogen (secondary N) is 1. The van der Waals surface area contributed by atoms with Crippen molar-refractivity contribution in [1.82, 2.24) is 14.8 Å². The lowest BCUT2D eigenvalue weighted by molar-refractivity contribution is -0.173. The second kappa shape index (κ2) is 3.98. The fourth-order valence-electron chi connectivity index (χ4n) is 2.07. The molecule has 2 aromatic heterocycles. The predicted octanol–water partition coefficient (Wildman–Crippen LogP) is 3.00. The molecule has 0 aromatic carbocycles. The van der Waals surface area contributed by atoms with Crippen LogP contribution in [0.2, 0.25) is 0 Å². The molecule has 4 nitrogen and oxygen atoms in total. The largest absolute Gasteiger partial charge is 0.411 e. The summed E-state index contributed by atoms with van der Waals surface area (Å²) in [4.78, 5) is 4.70. The molecule has 1 aliphatic heterocycles. The highest BCUT2D eigenvalue weighted by molar-refractivity contribution is 7.10. The van der Waals surface area contributed by atoms with Crippen LogP contribution in [-0.2, 0) is 0 Å². The highest BCUT2D eigenvalue weighted by Crippen LogP contribution is 2.43. The van der Waals surface area contributed by atoms with Crippen molar-refractivity contribution in [2.75, 3.05) is 5.32 Å². The van der Waals surface area contributed by atoms with E-state index in [1.54, 1.807) is 0 Å². The minimum absolute atomic E-state index is 0.0691. The summed E-state index contributed by atoms with van der Waals surface area (Å²) in [6, 6.07) is 1.66. The average Bonchev–Trinajstić information content (AvgIpc) is 2.97. The van der Waals surface area contributed by atoms with E-state index in [1.807, 2.05) is 17.5 Å². The first-order chi connectivity index (χ1) is 8.55. The van der Waals surface area contributed by atoms with Gasteiger partial charge in [-0.05, 0) is 11.4 Å². The van der Waals surface area contributed by atoms with E-state index in [2.05, 4.69) is 15.4 Å². The van der Waals surface area contributed by atoms with E-state index in [9.17, 15) is 13.2 Å². The second-order valence-corrected chi connectivity index (χ2v) is 5.01. The number of hydrogen-bond donors (Lipinski definition) is 1. The monoisotopic (exact) mass is 274 g/mol. The molecule has 0 saturated carbocycles. The van der Waals surface area contributed by atoms with Crippen molar-refractivity contribution in [2.24, 2.45) is 0 Å². The van der Waals surface area contributed by atoms with E-state index in [0.29, 0.717) is 0 Å². The third-order valence-corrected chi connectivity index (χ3v) is 3.88. The Hall–Kier alpha value is -1.57. The molecule has 0 aliphatic carbocycles. The molecule has 3 heterocycles. The lowest BCUT2D eigenvalue weighted by atomic mass is 10.0. The molecule has 0 fully saturated rings. The molecule has 96 valence electrons. The molecular weight excluding hydrogens is 265 g/mol. The molecule has 0 saturated heterocycles. The molecule has 0 amide bonds. The third-order valence-electron chi connectivity index (χ3n) is 2.90. The smallest absolute Gasteiger partial charge is 0.347 e. The van der Waals surface area contributed by atoms with Crippen molar-refractivity contribution in [1.29, 1.82) is 0 Å². The molecule has 1 aliphatic rings. The lowest BCUT2D eigenvalue weighted by Gasteiger charge is -2.31. The number of halogens is 3. The van der Waals surface area contributed by atoms with E-state index in [1.165, 1.54) is 11.3 Å². The van der Waals surface area contributed by atoms with E-state index in [-0.39, 0.29) is 18.4 Å². The minimum atomic E-state index is -4.32. The number of fused-ring (bicyclic) bond motifs is 1. The van der Waals surface area contributed by atoms with Crippen LogP contribution in [0.1, 0.15) is 23.4 Å². The van der Waals surface area contributed by atoms with Crippen LogP contribution in [0.4, 0.5) is 19.1 Å². The number of thiophene rings is 1. The molecule has 2 aromatic rings. The fourth-order valence-corrected chi connectivity index (χ4v) is 2.86. The van der Waals surface area contributed by atoms with Gasteiger partial charge in [-0.2, -0.15) is 23.3 Å². The quantitative estimate of drug-likeness (QED) is 0.869. The van der Waals surface area contributed by atoms with Crippen LogP contribution in [-0.4, -0.2) is 20.9 Å². The molecule has 18 heavy (non-hydrogen) atoms. The SMILES string of the molecule is FC(F)(F)[C@@H]1C[C@H](c2cccs2)Nc2ncnn21. The number of alkyl halides is 3. The summed E-state index contributed by atoms with van der Waals surface area (Å²) in [6.07, 6.45) is -3.25. The molecule has 1 N–H and O–H groups in total. The zero-order valence-corrected chi connectivity index (χ0v) is 9.87. The number of nitrogens with zero attached hydrogens (tertiary/aromatic N) is 3. The first kappa shape index (κ1) is 11.5. The van der Waals surface area contributed by atoms with Gasteiger partial charge < -0.3 is 5.32 Å². The summed E-state index contributed by atoms with van der Waals surface area (Å²) in [6.45, 7) is 0. The van der Waals surface area contributed by atoms with Gasteiger partial charge in [0.05, 0.1) is 6.04 Å². The van der Waals surface area contributed by atoms with Gasteiger partial charge in [-0.15, -0.1) is 11.3 Å². The first-order valence-corrected chi connectivity index (χ1v) is 6.20. The molecule has 0 spiro atoms. The summed E-state index contributed by atoms with van der Waals surface area (Å²) in [5.41, 5.74) is 0. The number of anilines is 1. The maximum atomic E-state index is 13.0. The van der Waals surface area contributed by atoms with Crippen LogP contribution in [0.25, 0.3) is 0 Å². The number of hydrogen-bond acceptors (Lipinski definition) is 4. The van der Waals surface area contributed by atoms with Crippen molar-refractivity contribution in [3.8, 4) is 0 Å². The summed E-state index contributed by atoms with van der Waals surface area (Å²) >= 11 is 1.43. The molecule has 3 rings (SSSR count). The van der Waals surface area contributed by atoms with E-state index in [4.69, 9.17) is 0 Å². The van der Waals surface area contributed by atoms with Gasteiger partial charge >= 0.3 is 6.18 Å². The molecule has 0 bridgehead atoms. The Bertz CT molecular complexity index is 534. The zero-order chi connectivity index (χ0) is 12.8. The molecular formula is C10H9F3N4S.